The zero-order valence-corrected chi connectivity index (χ0v) is 16.2. The lowest BCUT2D eigenvalue weighted by Gasteiger charge is -2.24. The molecule has 5 rings (SSSR count). The van der Waals surface area contributed by atoms with Crippen LogP contribution in [0.1, 0.15) is 15.9 Å². The maximum atomic E-state index is 13.0. The Kier molecular flexibility index (Phi) is 4.56. The molecule has 2 aliphatic heterocycles. The second kappa shape index (κ2) is 7.24. The average molecular weight is 392 g/mol. The SMILES string of the molecule is O=C(c1cnc2c(c1)ncn2CCc1ccccc1)N1C[C@H]2COC[C@@]2(CO)C1. The molecular formula is C22H24N4O3. The highest BCUT2D eigenvalue weighted by molar-refractivity contribution is 5.96. The van der Waals surface area contributed by atoms with Gasteiger partial charge in [-0.25, -0.2) is 9.97 Å². The molecule has 1 amide bonds. The second-order valence-electron chi connectivity index (χ2n) is 8.16. The zero-order chi connectivity index (χ0) is 19.8. The minimum absolute atomic E-state index is 0.0462. The molecule has 3 aromatic rings. The molecule has 0 saturated carbocycles. The Balaban J connectivity index is 1.32. The van der Waals surface area contributed by atoms with Crippen LogP contribution >= 0.6 is 0 Å². The lowest BCUT2D eigenvalue weighted by atomic mass is 9.82. The van der Waals surface area contributed by atoms with Crippen LogP contribution in [0, 0.1) is 11.3 Å². The summed E-state index contributed by atoms with van der Waals surface area (Å²) in [6.07, 6.45) is 4.32. The van der Waals surface area contributed by atoms with E-state index in [1.165, 1.54) is 5.56 Å². The number of likely N-dealkylation sites (tertiary alicyclic amines) is 1. The third-order valence-electron chi connectivity index (χ3n) is 6.31. The molecule has 0 radical (unpaired) electrons. The Hall–Kier alpha value is -2.77. The fourth-order valence-electron chi connectivity index (χ4n) is 4.52. The first kappa shape index (κ1) is 18.3. The molecule has 150 valence electrons. The minimum atomic E-state index is -0.313. The van der Waals surface area contributed by atoms with Crippen molar-refractivity contribution in [3.63, 3.8) is 0 Å². The van der Waals surface area contributed by atoms with Crippen molar-refractivity contribution in [3.05, 3.63) is 60.0 Å². The van der Waals surface area contributed by atoms with Gasteiger partial charge in [0.25, 0.3) is 5.91 Å². The number of carbonyl (C=O) groups excluding carboxylic acids is 1. The summed E-state index contributed by atoms with van der Waals surface area (Å²) < 4.78 is 7.55. The van der Waals surface area contributed by atoms with Crippen molar-refractivity contribution in [1.29, 1.82) is 0 Å². The number of fused-ring (bicyclic) bond motifs is 2. The van der Waals surface area contributed by atoms with Gasteiger partial charge in [-0.05, 0) is 18.1 Å². The Morgan fingerprint density at radius 1 is 1.28 bits per heavy atom. The van der Waals surface area contributed by atoms with Crippen molar-refractivity contribution in [2.45, 2.75) is 13.0 Å². The molecule has 2 aliphatic rings. The van der Waals surface area contributed by atoms with Gasteiger partial charge in [0.05, 0.1) is 31.7 Å². The largest absolute Gasteiger partial charge is 0.396 e. The molecule has 2 atom stereocenters. The molecule has 0 bridgehead atoms. The first-order valence-corrected chi connectivity index (χ1v) is 10.0. The molecule has 2 aromatic heterocycles. The number of nitrogens with zero attached hydrogens (tertiary/aromatic N) is 4. The number of rotatable bonds is 5. The first-order valence-electron chi connectivity index (χ1n) is 10.0. The van der Waals surface area contributed by atoms with Gasteiger partial charge in [0.15, 0.2) is 5.65 Å². The summed E-state index contributed by atoms with van der Waals surface area (Å²) in [5.41, 5.74) is 3.01. The van der Waals surface area contributed by atoms with Crippen molar-refractivity contribution >= 4 is 17.1 Å². The first-order chi connectivity index (χ1) is 14.2. The van der Waals surface area contributed by atoms with Gasteiger partial charge in [0.2, 0.25) is 0 Å². The number of amides is 1. The van der Waals surface area contributed by atoms with E-state index < -0.39 is 0 Å². The lowest BCUT2D eigenvalue weighted by Crippen LogP contribution is -2.36. The molecule has 4 heterocycles. The van der Waals surface area contributed by atoms with Gasteiger partial charge in [-0.3, -0.25) is 4.79 Å². The topological polar surface area (TPSA) is 80.5 Å². The number of carbonyl (C=O) groups is 1. The highest BCUT2D eigenvalue weighted by Gasteiger charge is 2.51. The average Bonchev–Trinajstić information content (AvgIpc) is 3.44. The molecule has 0 aliphatic carbocycles. The summed E-state index contributed by atoms with van der Waals surface area (Å²) in [7, 11) is 0. The summed E-state index contributed by atoms with van der Waals surface area (Å²) in [5, 5.41) is 9.83. The van der Waals surface area contributed by atoms with Crippen molar-refractivity contribution < 1.29 is 14.6 Å². The van der Waals surface area contributed by atoms with E-state index in [2.05, 4.69) is 22.1 Å². The van der Waals surface area contributed by atoms with E-state index in [1.54, 1.807) is 12.5 Å². The second-order valence-corrected chi connectivity index (χ2v) is 8.16. The van der Waals surface area contributed by atoms with Gasteiger partial charge in [-0.2, -0.15) is 0 Å². The van der Waals surface area contributed by atoms with E-state index in [-0.39, 0.29) is 23.8 Å². The van der Waals surface area contributed by atoms with E-state index in [4.69, 9.17) is 4.74 Å². The van der Waals surface area contributed by atoms with Crippen LogP contribution in [0.25, 0.3) is 11.2 Å². The summed E-state index contributed by atoms with van der Waals surface area (Å²) in [4.78, 5) is 23.8. The van der Waals surface area contributed by atoms with Crippen molar-refractivity contribution in [2.24, 2.45) is 11.3 Å². The predicted octanol–water partition coefficient (Wildman–Crippen LogP) is 1.75. The number of imidazole rings is 1. The Morgan fingerprint density at radius 2 is 2.14 bits per heavy atom. The van der Waals surface area contributed by atoms with Crippen LogP contribution in [0.3, 0.4) is 0 Å². The van der Waals surface area contributed by atoms with Crippen molar-refractivity contribution in [3.8, 4) is 0 Å². The maximum Gasteiger partial charge on any atom is 0.255 e. The van der Waals surface area contributed by atoms with Crippen molar-refractivity contribution in [2.75, 3.05) is 32.9 Å². The monoisotopic (exact) mass is 392 g/mol. The Bertz CT molecular complexity index is 1030. The Morgan fingerprint density at radius 3 is 2.93 bits per heavy atom. The number of aliphatic hydroxyl groups is 1. The minimum Gasteiger partial charge on any atom is -0.396 e. The van der Waals surface area contributed by atoms with Crippen LogP contribution < -0.4 is 0 Å². The van der Waals surface area contributed by atoms with E-state index >= 15 is 0 Å². The van der Waals surface area contributed by atoms with E-state index in [9.17, 15) is 9.90 Å². The molecule has 0 spiro atoms. The molecule has 2 saturated heterocycles. The summed E-state index contributed by atoms with van der Waals surface area (Å²) in [6, 6.07) is 12.1. The molecule has 7 nitrogen and oxygen atoms in total. The molecule has 7 heteroatoms. The van der Waals surface area contributed by atoms with Gasteiger partial charge in [0, 0.05) is 37.2 Å². The number of aryl methyl sites for hydroxylation is 2. The number of hydrogen-bond donors (Lipinski definition) is 1. The van der Waals surface area contributed by atoms with Crippen molar-refractivity contribution in [1.82, 2.24) is 19.4 Å². The van der Waals surface area contributed by atoms with Crippen LogP contribution in [0.5, 0.6) is 0 Å². The molecule has 2 fully saturated rings. The predicted molar refractivity (Wildman–Crippen MR) is 107 cm³/mol. The summed E-state index contributed by atoms with van der Waals surface area (Å²) in [5.74, 6) is 0.144. The van der Waals surface area contributed by atoms with E-state index in [1.807, 2.05) is 33.7 Å². The fraction of sp³-hybridized carbons (Fsp3) is 0.409. The van der Waals surface area contributed by atoms with Gasteiger partial charge in [-0.1, -0.05) is 30.3 Å². The third-order valence-corrected chi connectivity index (χ3v) is 6.31. The Labute approximate surface area is 168 Å². The van der Waals surface area contributed by atoms with E-state index in [0.29, 0.717) is 31.9 Å². The van der Waals surface area contributed by atoms with Crippen LogP contribution in [0.15, 0.2) is 48.9 Å². The molecule has 1 N–H and O–H groups in total. The lowest BCUT2D eigenvalue weighted by molar-refractivity contribution is 0.0630. The highest BCUT2D eigenvalue weighted by atomic mass is 16.5. The van der Waals surface area contributed by atoms with Crippen LogP contribution in [-0.4, -0.2) is 63.4 Å². The molecular weight excluding hydrogens is 368 g/mol. The molecule has 0 unspecified atom stereocenters. The van der Waals surface area contributed by atoms with Crippen LogP contribution in [0.2, 0.25) is 0 Å². The standard InChI is InChI=1S/C22H24N4O3/c27-13-22-12-26(10-18(22)11-29-14-22)21(28)17-8-19-20(23-9-17)25(15-24-19)7-6-16-4-2-1-3-5-16/h1-5,8-9,15,18,27H,6-7,10-14H2/t18-,22-/m0/s1. The summed E-state index contributed by atoms with van der Waals surface area (Å²) in [6.45, 7) is 3.09. The molecule has 1 aromatic carbocycles. The fourth-order valence-corrected chi connectivity index (χ4v) is 4.52. The third kappa shape index (κ3) is 3.20. The maximum absolute atomic E-state index is 13.0. The number of hydrogen-bond acceptors (Lipinski definition) is 5. The number of aromatic nitrogens is 3. The quantitative estimate of drug-likeness (QED) is 0.716. The number of aliphatic hydroxyl groups excluding tert-OH is 1. The number of pyridine rings is 1. The van der Waals surface area contributed by atoms with Gasteiger partial charge in [0.1, 0.15) is 5.52 Å². The van der Waals surface area contributed by atoms with Crippen LogP contribution in [-0.2, 0) is 17.7 Å². The number of benzene rings is 1. The van der Waals surface area contributed by atoms with E-state index in [0.717, 1.165) is 24.1 Å². The smallest absolute Gasteiger partial charge is 0.255 e. The molecule has 29 heavy (non-hydrogen) atoms. The zero-order valence-electron chi connectivity index (χ0n) is 16.2. The summed E-state index contributed by atoms with van der Waals surface area (Å²) >= 11 is 0. The number of ether oxygens (including phenoxy) is 1. The normalized spacial score (nSPS) is 23.6. The van der Waals surface area contributed by atoms with Crippen LogP contribution in [0.4, 0.5) is 0 Å². The van der Waals surface area contributed by atoms with Gasteiger partial charge in [-0.15, -0.1) is 0 Å². The van der Waals surface area contributed by atoms with Gasteiger partial charge >= 0.3 is 0 Å². The highest BCUT2D eigenvalue weighted by Crippen LogP contribution is 2.41. The van der Waals surface area contributed by atoms with Gasteiger partial charge < -0.3 is 19.3 Å².